The Hall–Kier alpha value is -2.74. The lowest BCUT2D eigenvalue weighted by atomic mass is 10.1. The molecule has 8 heteroatoms. The highest BCUT2D eigenvalue weighted by Gasteiger charge is 2.13. The number of halogens is 2. The Morgan fingerprint density at radius 1 is 1.31 bits per heavy atom. The van der Waals surface area contributed by atoms with Crippen molar-refractivity contribution in [2.24, 2.45) is 0 Å². The van der Waals surface area contributed by atoms with Crippen LogP contribution in [0.4, 0.5) is 13.9 Å². The molecule has 0 saturated carbocycles. The van der Waals surface area contributed by atoms with Crippen LogP contribution in [0.15, 0.2) is 47.1 Å². The summed E-state index contributed by atoms with van der Waals surface area (Å²) in [6.07, 6.45) is 2.38. The summed E-state index contributed by atoms with van der Waals surface area (Å²) in [6, 6.07) is 9.83. The van der Waals surface area contributed by atoms with Crippen molar-refractivity contribution in [3.8, 4) is 17.0 Å². The number of nitrogens with one attached hydrogen (secondary N) is 1. The summed E-state index contributed by atoms with van der Waals surface area (Å²) in [7, 11) is 0. The Bertz CT molecular complexity index is 861. The van der Waals surface area contributed by atoms with Gasteiger partial charge in [-0.15, -0.1) is 11.3 Å². The average molecular weight is 378 g/mol. The number of carbonyl (C=O) groups excluding carboxylic acids is 1. The van der Waals surface area contributed by atoms with Crippen molar-refractivity contribution in [1.29, 1.82) is 0 Å². The molecule has 1 aromatic carbocycles. The van der Waals surface area contributed by atoms with Crippen molar-refractivity contribution in [2.75, 3.05) is 5.32 Å². The van der Waals surface area contributed by atoms with E-state index >= 15 is 0 Å². The zero-order chi connectivity index (χ0) is 18.5. The fraction of sp³-hybridized carbons (Fsp3) is 0.222. The van der Waals surface area contributed by atoms with Crippen LogP contribution in [0, 0.1) is 6.92 Å². The van der Waals surface area contributed by atoms with Gasteiger partial charge in [0.25, 0.3) is 0 Å². The summed E-state index contributed by atoms with van der Waals surface area (Å²) >= 11 is 1.36. The van der Waals surface area contributed by atoms with Gasteiger partial charge < -0.3 is 14.5 Å². The monoisotopic (exact) mass is 378 g/mol. The number of carbonyl (C=O) groups is 1. The van der Waals surface area contributed by atoms with Gasteiger partial charge in [-0.3, -0.25) is 4.79 Å². The number of ether oxygens (including phenoxy) is 1. The van der Waals surface area contributed by atoms with Gasteiger partial charge in [0, 0.05) is 23.3 Å². The van der Waals surface area contributed by atoms with Crippen LogP contribution in [0.25, 0.3) is 11.3 Å². The molecule has 3 rings (SSSR count). The van der Waals surface area contributed by atoms with Gasteiger partial charge in [-0.2, -0.15) is 8.78 Å². The molecule has 0 fully saturated rings. The first-order valence-electron chi connectivity index (χ1n) is 7.86. The van der Waals surface area contributed by atoms with E-state index in [1.54, 1.807) is 24.5 Å². The molecule has 0 bridgehead atoms. The fourth-order valence-electron chi connectivity index (χ4n) is 2.39. The van der Waals surface area contributed by atoms with E-state index < -0.39 is 6.61 Å². The summed E-state index contributed by atoms with van der Waals surface area (Å²) < 4.78 is 33.9. The number of rotatable bonds is 7. The normalized spacial score (nSPS) is 10.9. The number of aromatic nitrogens is 1. The molecular weight excluding hydrogens is 362 g/mol. The van der Waals surface area contributed by atoms with Crippen molar-refractivity contribution < 1.29 is 22.7 Å². The number of furan rings is 1. The van der Waals surface area contributed by atoms with Crippen LogP contribution in [0.1, 0.15) is 17.1 Å². The van der Waals surface area contributed by atoms with Gasteiger partial charge in [-0.05, 0) is 43.3 Å². The standard InChI is InChI=1S/C18H16F2N2O3S/c1-11-16(12-4-6-14(7-5-12)25-17(19)20)22-18(26-11)21-15(23)9-8-13-3-2-10-24-13/h2-7,10,17H,8-9H2,1H3,(H,21,22,23). The van der Waals surface area contributed by atoms with Crippen molar-refractivity contribution in [3.05, 3.63) is 53.3 Å². The Kier molecular flexibility index (Phi) is 5.62. The molecular formula is C18H16F2N2O3S. The van der Waals surface area contributed by atoms with Crippen LogP contribution in [-0.4, -0.2) is 17.5 Å². The maximum absolute atomic E-state index is 12.2. The second kappa shape index (κ2) is 8.09. The van der Waals surface area contributed by atoms with Gasteiger partial charge in [0.05, 0.1) is 12.0 Å². The summed E-state index contributed by atoms with van der Waals surface area (Å²) in [6.45, 7) is -0.973. The SMILES string of the molecule is Cc1sc(NC(=O)CCc2ccco2)nc1-c1ccc(OC(F)F)cc1. The molecule has 5 nitrogen and oxygen atoms in total. The molecule has 2 aromatic heterocycles. The number of anilines is 1. The molecule has 0 aliphatic rings. The highest BCUT2D eigenvalue weighted by molar-refractivity contribution is 7.16. The predicted molar refractivity (Wildman–Crippen MR) is 94.6 cm³/mol. The van der Waals surface area contributed by atoms with Gasteiger partial charge in [0.1, 0.15) is 11.5 Å². The van der Waals surface area contributed by atoms with Crippen molar-refractivity contribution in [3.63, 3.8) is 0 Å². The quantitative estimate of drug-likeness (QED) is 0.636. The number of benzene rings is 1. The first-order chi connectivity index (χ1) is 12.5. The number of aryl methyl sites for hydroxylation is 2. The minimum absolute atomic E-state index is 0.0862. The molecule has 0 aliphatic heterocycles. The summed E-state index contributed by atoms with van der Waals surface area (Å²) in [5.41, 5.74) is 1.45. The van der Waals surface area contributed by atoms with E-state index in [9.17, 15) is 13.6 Å². The third-order valence-electron chi connectivity index (χ3n) is 3.57. The van der Waals surface area contributed by atoms with E-state index in [4.69, 9.17) is 4.42 Å². The minimum Gasteiger partial charge on any atom is -0.469 e. The maximum Gasteiger partial charge on any atom is 0.387 e. The second-order valence-electron chi connectivity index (χ2n) is 5.45. The van der Waals surface area contributed by atoms with E-state index in [0.717, 1.165) is 16.2 Å². The van der Waals surface area contributed by atoms with Gasteiger partial charge in [0.15, 0.2) is 5.13 Å². The van der Waals surface area contributed by atoms with Crippen LogP contribution in [0.3, 0.4) is 0 Å². The molecule has 136 valence electrons. The molecule has 2 heterocycles. The number of alkyl halides is 2. The third kappa shape index (κ3) is 4.66. The topological polar surface area (TPSA) is 64.4 Å². The molecule has 1 amide bonds. The number of thiazole rings is 1. The minimum atomic E-state index is -2.86. The van der Waals surface area contributed by atoms with Crippen LogP contribution in [0.2, 0.25) is 0 Å². The molecule has 0 aliphatic carbocycles. The van der Waals surface area contributed by atoms with Crippen LogP contribution in [-0.2, 0) is 11.2 Å². The first-order valence-corrected chi connectivity index (χ1v) is 8.68. The zero-order valence-electron chi connectivity index (χ0n) is 13.9. The summed E-state index contributed by atoms with van der Waals surface area (Å²) in [5, 5.41) is 3.27. The molecule has 0 spiro atoms. The highest BCUT2D eigenvalue weighted by atomic mass is 32.1. The number of amides is 1. The molecule has 0 atom stereocenters. The number of hydrogen-bond acceptors (Lipinski definition) is 5. The molecule has 0 unspecified atom stereocenters. The second-order valence-corrected chi connectivity index (χ2v) is 6.66. The lowest BCUT2D eigenvalue weighted by molar-refractivity contribution is -0.116. The Labute approximate surface area is 152 Å². The van der Waals surface area contributed by atoms with Gasteiger partial charge in [0.2, 0.25) is 5.91 Å². The smallest absolute Gasteiger partial charge is 0.387 e. The lowest BCUT2D eigenvalue weighted by Crippen LogP contribution is -2.11. The van der Waals surface area contributed by atoms with Crippen LogP contribution < -0.4 is 10.1 Å². The Morgan fingerprint density at radius 2 is 2.08 bits per heavy atom. The molecule has 1 N–H and O–H groups in total. The van der Waals surface area contributed by atoms with Crippen molar-refractivity contribution >= 4 is 22.4 Å². The third-order valence-corrected chi connectivity index (χ3v) is 4.46. The van der Waals surface area contributed by atoms with Gasteiger partial charge in [-0.1, -0.05) is 0 Å². The van der Waals surface area contributed by atoms with E-state index in [0.29, 0.717) is 23.7 Å². The van der Waals surface area contributed by atoms with E-state index in [1.165, 1.54) is 23.5 Å². The van der Waals surface area contributed by atoms with E-state index in [2.05, 4.69) is 15.0 Å². The molecule has 3 aromatic rings. The van der Waals surface area contributed by atoms with Crippen LogP contribution >= 0.6 is 11.3 Å². The maximum atomic E-state index is 12.2. The number of nitrogens with zero attached hydrogens (tertiary/aromatic N) is 1. The lowest BCUT2D eigenvalue weighted by Gasteiger charge is -2.05. The molecule has 26 heavy (non-hydrogen) atoms. The van der Waals surface area contributed by atoms with E-state index in [1.807, 2.05) is 13.0 Å². The Morgan fingerprint density at radius 3 is 2.73 bits per heavy atom. The Balaban J connectivity index is 1.63. The van der Waals surface area contributed by atoms with Crippen LogP contribution in [0.5, 0.6) is 5.75 Å². The summed E-state index contributed by atoms with van der Waals surface area (Å²) in [5.74, 6) is 0.688. The largest absolute Gasteiger partial charge is 0.469 e. The van der Waals surface area contributed by atoms with Gasteiger partial charge >= 0.3 is 6.61 Å². The molecule has 0 radical (unpaired) electrons. The summed E-state index contributed by atoms with van der Waals surface area (Å²) in [4.78, 5) is 17.4. The predicted octanol–water partition coefficient (Wildman–Crippen LogP) is 4.88. The molecule has 0 saturated heterocycles. The van der Waals surface area contributed by atoms with Crippen molar-refractivity contribution in [2.45, 2.75) is 26.4 Å². The van der Waals surface area contributed by atoms with Crippen molar-refractivity contribution in [1.82, 2.24) is 4.98 Å². The number of hydrogen-bond donors (Lipinski definition) is 1. The zero-order valence-corrected chi connectivity index (χ0v) is 14.7. The fourth-order valence-corrected chi connectivity index (χ4v) is 3.24. The van der Waals surface area contributed by atoms with E-state index in [-0.39, 0.29) is 11.7 Å². The highest BCUT2D eigenvalue weighted by Crippen LogP contribution is 2.31. The van der Waals surface area contributed by atoms with Gasteiger partial charge in [-0.25, -0.2) is 4.98 Å². The first kappa shape index (κ1) is 18.1. The average Bonchev–Trinajstić information content (AvgIpc) is 3.23.